The van der Waals surface area contributed by atoms with Crippen molar-refractivity contribution < 1.29 is 76.6 Å². The SMILES string of the molecule is CCN(CCOCCOCCOCCOCCC(=O)O)CC(OCCOCCOCCOCCN=[N+]=[N-])OCCOCCOCCOCCC(=O)O. The van der Waals surface area contributed by atoms with Gasteiger partial charge in [-0.15, -0.1) is 0 Å². The molecule has 0 heterocycles. The maximum absolute atomic E-state index is 10.5. The number of ether oxygens (including phenoxy) is 12. The van der Waals surface area contributed by atoms with Gasteiger partial charge in [-0.25, -0.2) is 0 Å². The Morgan fingerprint density at radius 2 is 0.865 bits per heavy atom. The Labute approximate surface area is 306 Å². The summed E-state index contributed by atoms with van der Waals surface area (Å²) in [7, 11) is 0. The van der Waals surface area contributed by atoms with Crippen LogP contribution in [0.25, 0.3) is 10.4 Å². The maximum Gasteiger partial charge on any atom is 0.305 e. The number of carbonyl (C=O) groups is 2. The van der Waals surface area contributed by atoms with E-state index in [1.54, 1.807) is 0 Å². The van der Waals surface area contributed by atoms with Crippen molar-refractivity contribution in [2.24, 2.45) is 5.11 Å². The minimum absolute atomic E-state index is 0.0246. The van der Waals surface area contributed by atoms with E-state index >= 15 is 0 Å². The van der Waals surface area contributed by atoms with Crippen LogP contribution in [0.3, 0.4) is 0 Å². The predicted octanol–water partition coefficient (Wildman–Crippen LogP) is 1.09. The fraction of sp³-hybridized carbons (Fsp3) is 0.938. The summed E-state index contributed by atoms with van der Waals surface area (Å²) in [5, 5.41) is 20.5. The van der Waals surface area contributed by atoms with Gasteiger partial charge in [-0.05, 0) is 12.1 Å². The summed E-state index contributed by atoms with van der Waals surface area (Å²) in [5.41, 5.74) is 8.23. The van der Waals surface area contributed by atoms with Crippen molar-refractivity contribution in [2.45, 2.75) is 26.1 Å². The quantitative estimate of drug-likeness (QED) is 0.0291. The molecule has 52 heavy (non-hydrogen) atoms. The minimum atomic E-state index is -0.899. The summed E-state index contributed by atoms with van der Waals surface area (Å²) >= 11 is 0. The summed E-state index contributed by atoms with van der Waals surface area (Å²) in [6, 6.07) is 0. The Bertz CT molecular complexity index is 818. The summed E-state index contributed by atoms with van der Waals surface area (Å²) < 4.78 is 66.2. The molecule has 0 aliphatic heterocycles. The van der Waals surface area contributed by atoms with Crippen molar-refractivity contribution >= 4 is 11.9 Å². The number of rotatable bonds is 44. The van der Waals surface area contributed by atoms with E-state index in [2.05, 4.69) is 14.9 Å². The van der Waals surface area contributed by atoms with Crippen molar-refractivity contribution in [3.05, 3.63) is 10.4 Å². The van der Waals surface area contributed by atoms with Gasteiger partial charge in [0, 0.05) is 24.5 Å². The van der Waals surface area contributed by atoms with E-state index in [0.717, 1.165) is 6.54 Å². The molecule has 0 aliphatic rings. The molecule has 0 fully saturated rings. The summed E-state index contributed by atoms with van der Waals surface area (Å²) in [4.78, 5) is 25.7. The molecule has 306 valence electrons. The molecular formula is C32H62N4O16. The van der Waals surface area contributed by atoms with Crippen molar-refractivity contribution in [1.82, 2.24) is 4.90 Å². The third-order valence-electron chi connectivity index (χ3n) is 6.39. The van der Waals surface area contributed by atoms with Crippen LogP contribution < -0.4 is 0 Å². The molecule has 0 spiro atoms. The van der Waals surface area contributed by atoms with Crippen LogP contribution in [0, 0.1) is 0 Å². The smallest absolute Gasteiger partial charge is 0.305 e. The van der Waals surface area contributed by atoms with E-state index in [4.69, 9.17) is 72.6 Å². The molecule has 1 unspecified atom stereocenters. The van der Waals surface area contributed by atoms with E-state index in [1.807, 2.05) is 6.92 Å². The fourth-order valence-electron chi connectivity index (χ4n) is 3.73. The molecule has 0 aromatic rings. The molecule has 0 bridgehead atoms. The number of carboxylic acid groups (broad SMARTS) is 2. The first kappa shape index (κ1) is 49.7. The summed E-state index contributed by atoms with van der Waals surface area (Å²) in [6.07, 6.45) is -0.578. The van der Waals surface area contributed by atoms with Gasteiger partial charge in [0.2, 0.25) is 0 Å². The molecule has 0 amide bonds. The monoisotopic (exact) mass is 758 g/mol. The lowest BCUT2D eigenvalue weighted by Gasteiger charge is -2.26. The number of carboxylic acids is 2. The Hall–Kier alpha value is -2.27. The highest BCUT2D eigenvalue weighted by molar-refractivity contribution is 5.67. The van der Waals surface area contributed by atoms with Crippen molar-refractivity contribution in [1.29, 1.82) is 0 Å². The van der Waals surface area contributed by atoms with Gasteiger partial charge in [0.1, 0.15) is 0 Å². The largest absolute Gasteiger partial charge is 0.481 e. The van der Waals surface area contributed by atoms with Gasteiger partial charge >= 0.3 is 11.9 Å². The molecule has 0 aromatic carbocycles. The molecule has 0 aliphatic carbocycles. The van der Waals surface area contributed by atoms with Gasteiger partial charge in [-0.1, -0.05) is 12.0 Å². The molecule has 0 saturated carbocycles. The lowest BCUT2D eigenvalue weighted by atomic mass is 10.4. The van der Waals surface area contributed by atoms with Crippen molar-refractivity contribution in [3.8, 4) is 0 Å². The number of aliphatic carboxylic acids is 2. The van der Waals surface area contributed by atoms with E-state index in [0.29, 0.717) is 152 Å². The van der Waals surface area contributed by atoms with Crippen LogP contribution in [-0.2, 0) is 66.4 Å². The summed E-state index contributed by atoms with van der Waals surface area (Å²) in [6.45, 7) is 12.3. The first-order chi connectivity index (χ1) is 25.5. The lowest BCUT2D eigenvalue weighted by molar-refractivity contribution is -0.168. The van der Waals surface area contributed by atoms with Gasteiger partial charge in [0.05, 0.1) is 158 Å². The first-order valence-corrected chi connectivity index (χ1v) is 17.7. The third kappa shape index (κ3) is 40.5. The highest BCUT2D eigenvalue weighted by Crippen LogP contribution is 2.02. The second kappa shape index (κ2) is 41.5. The van der Waals surface area contributed by atoms with Crippen LogP contribution >= 0.6 is 0 Å². The second-order valence-corrected chi connectivity index (χ2v) is 10.4. The van der Waals surface area contributed by atoms with Gasteiger partial charge in [0.25, 0.3) is 0 Å². The van der Waals surface area contributed by atoms with Crippen molar-refractivity contribution in [3.63, 3.8) is 0 Å². The standard InChI is InChI=1S/C32H62N4O16/c1-2-36(6-10-44-14-18-48-20-19-45-15-11-41-7-3-30(37)38)29-32(51-27-25-49-23-21-46-16-12-42-8-4-31(39)40)52-28-26-50-24-22-47-17-13-43-9-5-34-35-33/h32H,2-29H2,1H3,(H,37,38)(H,39,40). The average molecular weight is 759 g/mol. The zero-order valence-corrected chi connectivity index (χ0v) is 30.8. The molecule has 0 aromatic heterocycles. The summed E-state index contributed by atoms with van der Waals surface area (Å²) in [5.74, 6) is -1.79. The Morgan fingerprint density at radius 3 is 1.21 bits per heavy atom. The number of hydrogen-bond donors (Lipinski definition) is 2. The lowest BCUT2D eigenvalue weighted by Crippen LogP contribution is -2.38. The topological polar surface area (TPSA) is 237 Å². The van der Waals surface area contributed by atoms with E-state index in [-0.39, 0.29) is 26.1 Å². The van der Waals surface area contributed by atoms with Crippen molar-refractivity contribution in [2.75, 3.05) is 172 Å². The number of azide groups is 1. The number of hydrogen-bond acceptors (Lipinski definition) is 16. The zero-order valence-electron chi connectivity index (χ0n) is 30.8. The highest BCUT2D eigenvalue weighted by Gasteiger charge is 2.15. The first-order valence-electron chi connectivity index (χ1n) is 17.7. The van der Waals surface area contributed by atoms with Crippen LogP contribution in [0.15, 0.2) is 5.11 Å². The average Bonchev–Trinajstić information content (AvgIpc) is 3.12. The van der Waals surface area contributed by atoms with Crippen LogP contribution in [0.1, 0.15) is 19.8 Å². The van der Waals surface area contributed by atoms with Crippen LogP contribution in [0.5, 0.6) is 0 Å². The van der Waals surface area contributed by atoms with E-state index < -0.39 is 18.2 Å². The van der Waals surface area contributed by atoms with Gasteiger partial charge in [-0.2, -0.15) is 0 Å². The molecule has 0 rings (SSSR count). The van der Waals surface area contributed by atoms with E-state index in [1.165, 1.54) is 0 Å². The maximum atomic E-state index is 10.5. The Balaban J connectivity index is 4.20. The Kier molecular flexibility index (Phi) is 39.7. The normalized spacial score (nSPS) is 12.0. The van der Waals surface area contributed by atoms with Crippen LogP contribution in [-0.4, -0.2) is 205 Å². The van der Waals surface area contributed by atoms with Gasteiger partial charge in [0.15, 0.2) is 6.29 Å². The predicted molar refractivity (Wildman–Crippen MR) is 185 cm³/mol. The second-order valence-electron chi connectivity index (χ2n) is 10.4. The Morgan fingerprint density at radius 1 is 0.538 bits per heavy atom. The fourth-order valence-corrected chi connectivity index (χ4v) is 3.73. The molecule has 0 radical (unpaired) electrons. The molecule has 20 heteroatoms. The highest BCUT2D eigenvalue weighted by atomic mass is 16.7. The molecular weight excluding hydrogens is 696 g/mol. The van der Waals surface area contributed by atoms with Gasteiger partial charge < -0.3 is 67.1 Å². The molecule has 1 atom stereocenters. The molecule has 0 saturated heterocycles. The van der Waals surface area contributed by atoms with Crippen LogP contribution in [0.4, 0.5) is 0 Å². The number of nitrogens with zero attached hydrogens (tertiary/aromatic N) is 4. The number of likely N-dealkylation sites (N-methyl/N-ethyl adjacent to an activating group) is 1. The van der Waals surface area contributed by atoms with Gasteiger partial charge in [-0.3, -0.25) is 14.5 Å². The zero-order chi connectivity index (χ0) is 38.0. The van der Waals surface area contributed by atoms with Crippen LogP contribution in [0.2, 0.25) is 0 Å². The van der Waals surface area contributed by atoms with E-state index in [9.17, 15) is 9.59 Å². The third-order valence-corrected chi connectivity index (χ3v) is 6.39. The molecule has 2 N–H and O–H groups in total. The minimum Gasteiger partial charge on any atom is -0.481 e. The molecule has 20 nitrogen and oxygen atoms in total.